The Morgan fingerprint density at radius 3 is 2.13 bits per heavy atom. The van der Waals surface area contributed by atoms with Gasteiger partial charge in [0.15, 0.2) is 0 Å². The van der Waals surface area contributed by atoms with E-state index in [2.05, 4.69) is 29.4 Å². The number of piperidine rings is 1. The molecule has 3 rings (SSSR count). The molecule has 250 valence electrons. The van der Waals surface area contributed by atoms with Gasteiger partial charge in [-0.1, -0.05) is 47.1 Å². The lowest BCUT2D eigenvalue weighted by Crippen LogP contribution is -2.60. The molecule has 0 aromatic heterocycles. The fourth-order valence-corrected chi connectivity index (χ4v) is 6.44. The minimum absolute atomic E-state index is 0.0241. The van der Waals surface area contributed by atoms with Crippen molar-refractivity contribution in [3.05, 3.63) is 41.7 Å². The van der Waals surface area contributed by atoms with Gasteiger partial charge in [-0.2, -0.15) is 0 Å². The number of likely N-dealkylation sites (N-methyl/N-ethyl adjacent to an activating group) is 1. The van der Waals surface area contributed by atoms with Crippen LogP contribution in [0.4, 0.5) is 10.1 Å². The van der Waals surface area contributed by atoms with Crippen LogP contribution in [0.15, 0.2) is 35.9 Å². The lowest BCUT2D eigenvalue weighted by Gasteiger charge is -2.41. The van der Waals surface area contributed by atoms with Crippen molar-refractivity contribution in [2.45, 2.75) is 118 Å². The minimum atomic E-state index is -0.755. The third-order valence-electron chi connectivity index (χ3n) is 9.07. The summed E-state index contributed by atoms with van der Waals surface area (Å²) >= 11 is 0. The zero-order valence-electron chi connectivity index (χ0n) is 28.7. The van der Waals surface area contributed by atoms with E-state index in [4.69, 9.17) is 0 Å². The molecule has 2 fully saturated rings. The Kier molecular flexibility index (Phi) is 12.3. The summed E-state index contributed by atoms with van der Waals surface area (Å²) in [5.41, 5.74) is 0.365. The zero-order chi connectivity index (χ0) is 33.6. The number of likely N-dealkylation sites (tertiary alicyclic amines) is 2. The number of hydrogen-bond acceptors (Lipinski definition) is 5. The maximum atomic E-state index is 14.1. The monoisotopic (exact) mass is 627 g/mol. The van der Waals surface area contributed by atoms with E-state index in [0.29, 0.717) is 30.6 Å². The zero-order valence-corrected chi connectivity index (χ0v) is 28.7. The fraction of sp³-hybridized carbons (Fsp3) is 0.657. The van der Waals surface area contributed by atoms with Crippen molar-refractivity contribution >= 4 is 29.3 Å². The Hall–Kier alpha value is -3.27. The molecule has 2 aliphatic rings. The first-order valence-corrected chi connectivity index (χ1v) is 16.4. The van der Waals surface area contributed by atoms with E-state index in [1.165, 1.54) is 24.3 Å². The second-order valence-electron chi connectivity index (χ2n) is 14.3. The fourth-order valence-electron chi connectivity index (χ4n) is 6.44. The molecule has 1 aromatic rings. The molecule has 0 unspecified atom stereocenters. The number of amides is 4. The highest BCUT2D eigenvalue weighted by molar-refractivity contribution is 6.01. The lowest BCUT2D eigenvalue weighted by molar-refractivity contribution is -0.142. The number of nitrogens with one attached hydrogen (secondary N) is 2. The summed E-state index contributed by atoms with van der Waals surface area (Å²) in [4.78, 5) is 59.9. The summed E-state index contributed by atoms with van der Waals surface area (Å²) in [5.74, 6) is -1.32. The van der Waals surface area contributed by atoms with Crippen LogP contribution in [0.2, 0.25) is 0 Å². The Morgan fingerprint density at radius 1 is 0.933 bits per heavy atom. The molecule has 0 radical (unpaired) electrons. The van der Waals surface area contributed by atoms with E-state index in [0.717, 1.165) is 25.8 Å². The van der Waals surface area contributed by atoms with Crippen LogP contribution in [-0.2, 0) is 19.2 Å². The molecule has 2 N–H and O–H groups in total. The number of benzene rings is 1. The van der Waals surface area contributed by atoms with E-state index in [1.54, 1.807) is 29.8 Å². The van der Waals surface area contributed by atoms with Crippen molar-refractivity contribution in [2.24, 2.45) is 11.3 Å². The summed E-state index contributed by atoms with van der Waals surface area (Å²) in [7, 11) is 1.72. The van der Waals surface area contributed by atoms with E-state index in [-0.39, 0.29) is 41.6 Å². The standard InChI is InChI=1S/C35H54FN5O4/c1-22(2)29(21-24(5)33(44)41-20-12-14-28(41)31(42)37-26-17-15-25(36)16-18-26)39(9)34(45)30(35(6,7)8)38-32(43)27-13-10-11-19-40(27)23(3)4/h15-18,21-23,27-30H,10-14,19-20H2,1-9H3,(H,37,42)(H,38,43)/b24-21+/t27-,28+,29-,30-/m1/s1. The number of carbonyl (C=O) groups excluding carboxylic acids is 4. The van der Waals surface area contributed by atoms with Gasteiger partial charge in [0.2, 0.25) is 23.6 Å². The van der Waals surface area contributed by atoms with Crippen LogP contribution in [0, 0.1) is 17.2 Å². The maximum Gasteiger partial charge on any atom is 0.249 e. The first-order valence-electron chi connectivity index (χ1n) is 16.4. The van der Waals surface area contributed by atoms with Crippen LogP contribution < -0.4 is 10.6 Å². The molecular weight excluding hydrogens is 573 g/mol. The Balaban J connectivity index is 1.77. The second-order valence-corrected chi connectivity index (χ2v) is 14.3. The van der Waals surface area contributed by atoms with Gasteiger partial charge in [0.1, 0.15) is 17.9 Å². The predicted molar refractivity (Wildman–Crippen MR) is 176 cm³/mol. The average Bonchev–Trinajstić information content (AvgIpc) is 3.48. The first-order chi connectivity index (χ1) is 21.0. The number of hydrogen-bond donors (Lipinski definition) is 2. The van der Waals surface area contributed by atoms with Crippen molar-refractivity contribution in [3.8, 4) is 0 Å². The molecule has 0 saturated carbocycles. The van der Waals surface area contributed by atoms with E-state index >= 15 is 0 Å². The summed E-state index contributed by atoms with van der Waals surface area (Å²) in [6.45, 7) is 17.0. The molecule has 4 atom stereocenters. The van der Waals surface area contributed by atoms with Crippen LogP contribution in [0.25, 0.3) is 0 Å². The van der Waals surface area contributed by atoms with Crippen LogP contribution in [0.1, 0.15) is 87.5 Å². The van der Waals surface area contributed by atoms with Crippen molar-refractivity contribution in [1.82, 2.24) is 20.0 Å². The van der Waals surface area contributed by atoms with E-state index in [1.807, 2.05) is 34.6 Å². The largest absolute Gasteiger partial charge is 0.342 e. The molecule has 45 heavy (non-hydrogen) atoms. The summed E-state index contributed by atoms with van der Waals surface area (Å²) in [6.07, 6.45) is 5.83. The maximum absolute atomic E-state index is 14.1. The highest BCUT2D eigenvalue weighted by Gasteiger charge is 2.40. The van der Waals surface area contributed by atoms with Crippen LogP contribution >= 0.6 is 0 Å². The smallest absolute Gasteiger partial charge is 0.249 e. The highest BCUT2D eigenvalue weighted by atomic mass is 19.1. The molecule has 10 heteroatoms. The summed E-state index contributed by atoms with van der Waals surface area (Å²) < 4.78 is 13.3. The molecule has 1 aromatic carbocycles. The van der Waals surface area contributed by atoms with Gasteiger partial charge < -0.3 is 20.4 Å². The quantitative estimate of drug-likeness (QED) is 0.357. The second kappa shape index (κ2) is 15.3. The molecular formula is C35H54FN5O4. The highest BCUT2D eigenvalue weighted by Crippen LogP contribution is 2.27. The topological polar surface area (TPSA) is 102 Å². The van der Waals surface area contributed by atoms with Gasteiger partial charge in [-0.25, -0.2) is 4.39 Å². The Morgan fingerprint density at radius 2 is 1.56 bits per heavy atom. The van der Waals surface area contributed by atoms with Gasteiger partial charge >= 0.3 is 0 Å². The van der Waals surface area contributed by atoms with Crippen molar-refractivity contribution in [3.63, 3.8) is 0 Å². The van der Waals surface area contributed by atoms with Gasteiger partial charge in [0, 0.05) is 30.9 Å². The lowest BCUT2D eigenvalue weighted by atomic mass is 9.84. The number of anilines is 1. The number of rotatable bonds is 10. The van der Waals surface area contributed by atoms with Crippen molar-refractivity contribution in [2.75, 3.05) is 25.5 Å². The molecule has 2 aliphatic heterocycles. The summed E-state index contributed by atoms with van der Waals surface area (Å²) in [6, 6.07) is 3.67. The molecule has 2 heterocycles. The third-order valence-corrected chi connectivity index (χ3v) is 9.07. The predicted octanol–water partition coefficient (Wildman–Crippen LogP) is 4.98. The van der Waals surface area contributed by atoms with E-state index in [9.17, 15) is 23.6 Å². The molecule has 9 nitrogen and oxygen atoms in total. The normalized spacial score (nSPS) is 21.1. The molecule has 0 bridgehead atoms. The molecule has 4 amide bonds. The minimum Gasteiger partial charge on any atom is -0.342 e. The number of halogens is 1. The molecule has 2 saturated heterocycles. The van der Waals surface area contributed by atoms with Gasteiger partial charge in [0.05, 0.1) is 12.1 Å². The molecule has 0 spiro atoms. The van der Waals surface area contributed by atoms with Crippen molar-refractivity contribution < 1.29 is 23.6 Å². The summed E-state index contributed by atoms with van der Waals surface area (Å²) in [5, 5.41) is 5.91. The van der Waals surface area contributed by atoms with Gasteiger partial charge in [-0.15, -0.1) is 0 Å². The first kappa shape index (κ1) is 36.2. The SMILES string of the molecule is C/C(=C\[C@H](C(C)C)N(C)C(=O)[C@@H](NC(=O)[C@H]1CCCCN1C(C)C)C(C)(C)C)C(=O)N1CCC[C@H]1C(=O)Nc1ccc(F)cc1. The molecule has 0 aliphatic carbocycles. The van der Waals surface area contributed by atoms with Crippen LogP contribution in [0.5, 0.6) is 0 Å². The Bertz CT molecular complexity index is 1240. The van der Waals surface area contributed by atoms with Crippen molar-refractivity contribution in [1.29, 1.82) is 0 Å². The van der Waals surface area contributed by atoms with Gasteiger partial charge in [-0.05, 0) is 88.6 Å². The van der Waals surface area contributed by atoms with Gasteiger partial charge in [-0.3, -0.25) is 24.1 Å². The third kappa shape index (κ3) is 9.15. The van der Waals surface area contributed by atoms with Crippen LogP contribution in [0.3, 0.4) is 0 Å². The number of nitrogens with zero attached hydrogens (tertiary/aromatic N) is 3. The van der Waals surface area contributed by atoms with Gasteiger partial charge in [0.25, 0.3) is 0 Å². The van der Waals surface area contributed by atoms with E-state index < -0.39 is 29.4 Å². The van der Waals surface area contributed by atoms with Crippen LogP contribution in [-0.4, -0.2) is 88.7 Å². The number of carbonyl (C=O) groups is 4. The Labute approximate surface area is 269 Å². The average molecular weight is 628 g/mol.